The van der Waals surface area contributed by atoms with Crippen LogP contribution in [-0.4, -0.2) is 54.3 Å². The number of rotatable bonds is 8. The monoisotopic (exact) mass is 599 g/mol. The number of hydrogen-bond donors (Lipinski definition) is 1. The minimum atomic E-state index is -8.05. The molecule has 1 aromatic rings. The second-order valence-corrected chi connectivity index (χ2v) is 7.25. The molecule has 0 bridgehead atoms. The van der Waals surface area contributed by atoms with Gasteiger partial charge in [-0.2, -0.15) is 74.6 Å². The molecular formula is C17H10F17NO3. The first kappa shape index (κ1) is 33.4. The molecule has 0 saturated heterocycles. The normalized spacial score (nSPS) is 17.6. The highest BCUT2D eigenvalue weighted by Gasteiger charge is 2.85. The fraction of sp³-hybridized carbons (Fsp3) is 0.588. The smallest absolute Gasteiger partial charge is 0.321 e. The van der Waals surface area contributed by atoms with E-state index < -0.39 is 60.0 Å². The molecule has 220 valence electrons. The van der Waals surface area contributed by atoms with Crippen LogP contribution in [0.15, 0.2) is 18.2 Å². The Hall–Kier alpha value is -2.58. The SMILES string of the molecule is Cc1ccc(NC(=O)[C@](F)(OC(F)(F)[C@](F)(OC(F)(F)C(F)(F)C(F)(F)F)C(F)(F)F)C(F)(F)F)cc1C. The third-order valence-electron chi connectivity index (χ3n) is 4.42. The maximum Gasteiger partial charge on any atom is 0.462 e. The van der Waals surface area contributed by atoms with Crippen LogP contribution in [0.5, 0.6) is 0 Å². The van der Waals surface area contributed by atoms with Crippen LogP contribution >= 0.6 is 0 Å². The lowest BCUT2D eigenvalue weighted by Crippen LogP contribution is -2.68. The van der Waals surface area contributed by atoms with E-state index in [4.69, 9.17) is 0 Å². The Morgan fingerprint density at radius 3 is 1.47 bits per heavy atom. The van der Waals surface area contributed by atoms with Gasteiger partial charge >= 0.3 is 48.4 Å². The highest BCUT2D eigenvalue weighted by Crippen LogP contribution is 2.56. The average Bonchev–Trinajstić information content (AvgIpc) is 2.67. The molecule has 1 rings (SSSR count). The van der Waals surface area contributed by atoms with Gasteiger partial charge in [-0.15, -0.1) is 0 Å². The van der Waals surface area contributed by atoms with E-state index in [9.17, 15) is 79.4 Å². The second-order valence-electron chi connectivity index (χ2n) is 7.25. The number of aryl methyl sites for hydroxylation is 2. The molecule has 21 heteroatoms. The van der Waals surface area contributed by atoms with E-state index in [1.165, 1.54) is 18.6 Å². The summed E-state index contributed by atoms with van der Waals surface area (Å²) in [6, 6.07) is 2.47. The molecule has 0 saturated carbocycles. The van der Waals surface area contributed by atoms with Gasteiger partial charge < -0.3 is 5.32 Å². The summed E-state index contributed by atoms with van der Waals surface area (Å²) in [6.45, 7) is 2.62. The Labute approximate surface area is 198 Å². The largest absolute Gasteiger partial charge is 0.462 e. The van der Waals surface area contributed by atoms with E-state index in [-0.39, 0.29) is 5.56 Å². The summed E-state index contributed by atoms with van der Waals surface area (Å²) in [4.78, 5) is 11.8. The lowest BCUT2D eigenvalue weighted by atomic mass is 10.1. The number of carbonyl (C=O) groups is 1. The third-order valence-corrected chi connectivity index (χ3v) is 4.42. The predicted molar refractivity (Wildman–Crippen MR) is 87.4 cm³/mol. The average molecular weight is 599 g/mol. The maximum absolute atomic E-state index is 14.5. The fourth-order valence-corrected chi connectivity index (χ4v) is 2.19. The maximum atomic E-state index is 14.5. The molecule has 1 amide bonds. The Balaban J connectivity index is 3.63. The van der Waals surface area contributed by atoms with Crippen molar-refractivity contribution < 1.29 is 88.9 Å². The van der Waals surface area contributed by atoms with Crippen molar-refractivity contribution in [3.8, 4) is 0 Å². The summed E-state index contributed by atoms with van der Waals surface area (Å²) in [5.74, 6) is -26.2. The number of anilines is 1. The predicted octanol–water partition coefficient (Wildman–Crippen LogP) is 7.11. The van der Waals surface area contributed by atoms with Gasteiger partial charge in [0.15, 0.2) is 0 Å². The number of halogens is 17. The first-order valence-corrected chi connectivity index (χ1v) is 8.97. The van der Waals surface area contributed by atoms with Crippen LogP contribution in [0.1, 0.15) is 11.1 Å². The Bertz CT molecular complexity index is 1030. The molecular weight excluding hydrogens is 589 g/mol. The number of nitrogens with one attached hydrogen (secondary N) is 1. The molecule has 0 heterocycles. The van der Waals surface area contributed by atoms with Crippen LogP contribution in [0.2, 0.25) is 0 Å². The topological polar surface area (TPSA) is 47.6 Å². The molecule has 38 heavy (non-hydrogen) atoms. The zero-order valence-corrected chi connectivity index (χ0v) is 17.9. The van der Waals surface area contributed by atoms with Crippen molar-refractivity contribution in [3.63, 3.8) is 0 Å². The number of ether oxygens (including phenoxy) is 2. The van der Waals surface area contributed by atoms with Gasteiger partial charge in [-0.05, 0) is 37.1 Å². The van der Waals surface area contributed by atoms with Crippen LogP contribution < -0.4 is 5.32 Å². The number of benzene rings is 1. The van der Waals surface area contributed by atoms with Crippen LogP contribution in [0.3, 0.4) is 0 Å². The lowest BCUT2D eigenvalue weighted by Gasteiger charge is -2.40. The summed E-state index contributed by atoms with van der Waals surface area (Å²) < 4.78 is 227. The zero-order valence-electron chi connectivity index (χ0n) is 17.9. The number of alkyl halides is 17. The highest BCUT2D eigenvalue weighted by molar-refractivity contribution is 5.97. The van der Waals surface area contributed by atoms with E-state index >= 15 is 0 Å². The van der Waals surface area contributed by atoms with Gasteiger partial charge in [-0.25, -0.2) is 0 Å². The molecule has 0 unspecified atom stereocenters. The van der Waals surface area contributed by atoms with Gasteiger partial charge in [0.05, 0.1) is 0 Å². The third kappa shape index (κ3) is 5.86. The zero-order chi connectivity index (χ0) is 30.6. The second kappa shape index (κ2) is 9.56. The Morgan fingerprint density at radius 2 is 1.11 bits per heavy atom. The van der Waals surface area contributed by atoms with E-state index in [0.29, 0.717) is 11.6 Å². The molecule has 1 N–H and O–H groups in total. The quantitative estimate of drug-likeness (QED) is 0.324. The van der Waals surface area contributed by atoms with Gasteiger partial charge in [-0.3, -0.25) is 14.3 Å². The van der Waals surface area contributed by atoms with Crippen LogP contribution in [-0.2, 0) is 14.3 Å². The fourth-order valence-electron chi connectivity index (χ4n) is 2.19. The summed E-state index contributed by atoms with van der Waals surface area (Å²) in [7, 11) is 0. The summed E-state index contributed by atoms with van der Waals surface area (Å²) in [5, 5.41) is 0.909. The van der Waals surface area contributed by atoms with Crippen molar-refractivity contribution in [2.24, 2.45) is 0 Å². The molecule has 1 aromatic carbocycles. The molecule has 0 aliphatic carbocycles. The standard InChI is InChI=1S/C17H10F17NO3/c1-6-3-4-8(5-7(6)2)35-9(36)10(18,13(22,23)24)37-17(33,34)12(21,15(28,29)30)38-16(31,32)11(19,20)14(25,26)27/h3-5H,1-2H3,(H,35,36)/t10-,12+/m0/s1. The van der Waals surface area contributed by atoms with E-state index in [1.54, 1.807) is 0 Å². The van der Waals surface area contributed by atoms with E-state index in [2.05, 4.69) is 0 Å². The van der Waals surface area contributed by atoms with Crippen molar-refractivity contribution in [2.45, 2.75) is 62.2 Å². The summed E-state index contributed by atoms with van der Waals surface area (Å²) in [5.41, 5.74) is -0.368. The molecule has 0 fully saturated rings. The minimum Gasteiger partial charge on any atom is -0.321 e. The first-order valence-electron chi connectivity index (χ1n) is 8.97. The van der Waals surface area contributed by atoms with Gasteiger partial charge in [0.25, 0.3) is 5.91 Å². The van der Waals surface area contributed by atoms with E-state index in [0.717, 1.165) is 17.4 Å². The van der Waals surface area contributed by atoms with Crippen LogP contribution in [0, 0.1) is 13.8 Å². The van der Waals surface area contributed by atoms with Crippen LogP contribution in [0.25, 0.3) is 0 Å². The molecule has 0 aliphatic heterocycles. The molecule has 0 aromatic heterocycles. The van der Waals surface area contributed by atoms with Crippen molar-refractivity contribution in [1.82, 2.24) is 0 Å². The molecule has 0 radical (unpaired) electrons. The summed E-state index contributed by atoms with van der Waals surface area (Å²) in [6.07, 6.45) is -38.6. The Kier molecular flexibility index (Phi) is 8.41. The number of amides is 1. The number of carbonyl (C=O) groups excluding carboxylic acids is 1. The van der Waals surface area contributed by atoms with Crippen molar-refractivity contribution in [3.05, 3.63) is 29.3 Å². The van der Waals surface area contributed by atoms with Gasteiger partial charge in [0.1, 0.15) is 0 Å². The van der Waals surface area contributed by atoms with Gasteiger partial charge in [0, 0.05) is 5.69 Å². The van der Waals surface area contributed by atoms with Crippen molar-refractivity contribution >= 4 is 11.6 Å². The Morgan fingerprint density at radius 1 is 0.632 bits per heavy atom. The molecule has 0 spiro atoms. The van der Waals surface area contributed by atoms with Crippen molar-refractivity contribution in [2.75, 3.05) is 5.32 Å². The molecule has 2 atom stereocenters. The number of hydrogen-bond acceptors (Lipinski definition) is 3. The molecule has 0 aliphatic rings. The first-order chi connectivity index (χ1) is 16.5. The van der Waals surface area contributed by atoms with Crippen molar-refractivity contribution in [1.29, 1.82) is 0 Å². The van der Waals surface area contributed by atoms with Crippen LogP contribution in [0.4, 0.5) is 80.3 Å². The van der Waals surface area contributed by atoms with Gasteiger partial charge in [-0.1, -0.05) is 6.07 Å². The highest BCUT2D eigenvalue weighted by atomic mass is 19.4. The van der Waals surface area contributed by atoms with Gasteiger partial charge in [0.2, 0.25) is 0 Å². The molecule has 4 nitrogen and oxygen atoms in total. The lowest BCUT2D eigenvalue weighted by molar-refractivity contribution is -0.548. The minimum absolute atomic E-state index is 0.131. The summed E-state index contributed by atoms with van der Waals surface area (Å²) >= 11 is 0. The van der Waals surface area contributed by atoms with E-state index in [1.807, 2.05) is 4.74 Å².